The van der Waals surface area contributed by atoms with Crippen LogP contribution in [0.5, 0.6) is 0 Å². The highest BCUT2D eigenvalue weighted by atomic mass is 16.1. The summed E-state index contributed by atoms with van der Waals surface area (Å²) >= 11 is 0. The Morgan fingerprint density at radius 2 is 2.21 bits per heavy atom. The van der Waals surface area contributed by atoms with Crippen molar-refractivity contribution in [1.82, 2.24) is 0 Å². The van der Waals surface area contributed by atoms with E-state index in [4.69, 9.17) is 0 Å². The third kappa shape index (κ3) is 1.59. The zero-order valence-electron chi connectivity index (χ0n) is 8.84. The van der Waals surface area contributed by atoms with E-state index in [0.717, 1.165) is 19.3 Å². The predicted molar refractivity (Wildman–Crippen MR) is 57.5 cm³/mol. The largest absolute Gasteiger partial charge is 0.299 e. The first-order valence-corrected chi connectivity index (χ1v) is 5.28. The van der Waals surface area contributed by atoms with Crippen LogP contribution < -0.4 is 0 Å². The molecule has 0 amide bonds. The van der Waals surface area contributed by atoms with Crippen molar-refractivity contribution in [2.24, 2.45) is 0 Å². The number of hydrogen-bond donors (Lipinski definition) is 0. The number of benzene rings is 1. The Morgan fingerprint density at radius 3 is 2.93 bits per heavy atom. The van der Waals surface area contributed by atoms with Gasteiger partial charge in [0.1, 0.15) is 5.78 Å². The van der Waals surface area contributed by atoms with Gasteiger partial charge in [0, 0.05) is 5.92 Å². The molecule has 0 bridgehead atoms. The lowest BCUT2D eigenvalue weighted by molar-refractivity contribution is -0.118. The Bertz CT molecular complexity index is 365. The highest BCUT2D eigenvalue weighted by Gasteiger charge is 2.23. The van der Waals surface area contributed by atoms with Gasteiger partial charge in [-0.15, -0.1) is 0 Å². The number of hydrogen-bond acceptors (Lipinski definition) is 1. The summed E-state index contributed by atoms with van der Waals surface area (Å²) in [5.74, 6) is 0.481. The lowest BCUT2D eigenvalue weighted by Gasteiger charge is -2.23. The smallest absolute Gasteiger partial charge is 0.137 e. The van der Waals surface area contributed by atoms with Crippen molar-refractivity contribution in [3.05, 3.63) is 34.9 Å². The van der Waals surface area contributed by atoms with Crippen molar-refractivity contribution < 1.29 is 4.79 Å². The minimum absolute atomic E-state index is 0.166. The maximum Gasteiger partial charge on any atom is 0.137 e. The summed E-state index contributed by atoms with van der Waals surface area (Å²) < 4.78 is 0. The van der Waals surface area contributed by atoms with Crippen LogP contribution in [0, 0.1) is 6.92 Å². The second kappa shape index (κ2) is 3.56. The molecule has 0 radical (unpaired) electrons. The summed E-state index contributed by atoms with van der Waals surface area (Å²) in [5.41, 5.74) is 3.96. The molecule has 0 N–H and O–H groups in total. The van der Waals surface area contributed by atoms with Crippen LogP contribution in [0.3, 0.4) is 0 Å². The number of ketones is 1. The standard InChI is InChI=1S/C13H16O/c1-9-6-7-13-11(8-9)4-3-5-12(13)10(2)14/h6-8,12H,3-5H2,1-2H3. The monoisotopic (exact) mass is 188 g/mol. The zero-order chi connectivity index (χ0) is 10.1. The molecular formula is C13H16O. The number of carbonyl (C=O) groups is 1. The maximum absolute atomic E-state index is 11.4. The number of aryl methyl sites for hydroxylation is 2. The van der Waals surface area contributed by atoms with Crippen molar-refractivity contribution in [3.8, 4) is 0 Å². The van der Waals surface area contributed by atoms with Crippen molar-refractivity contribution in [1.29, 1.82) is 0 Å². The molecule has 74 valence electrons. The van der Waals surface area contributed by atoms with E-state index >= 15 is 0 Å². The van der Waals surface area contributed by atoms with E-state index in [2.05, 4.69) is 25.1 Å². The molecule has 1 unspecified atom stereocenters. The van der Waals surface area contributed by atoms with Crippen molar-refractivity contribution >= 4 is 5.78 Å². The van der Waals surface area contributed by atoms with Crippen LogP contribution >= 0.6 is 0 Å². The van der Waals surface area contributed by atoms with E-state index in [1.165, 1.54) is 16.7 Å². The number of carbonyl (C=O) groups excluding carboxylic acids is 1. The fourth-order valence-electron chi connectivity index (χ4n) is 2.37. The summed E-state index contributed by atoms with van der Waals surface area (Å²) in [6, 6.07) is 6.47. The Kier molecular flexibility index (Phi) is 2.40. The third-order valence-corrected chi connectivity index (χ3v) is 3.10. The second-order valence-electron chi connectivity index (χ2n) is 4.26. The topological polar surface area (TPSA) is 17.1 Å². The summed E-state index contributed by atoms with van der Waals surface area (Å²) in [6.07, 6.45) is 3.33. The average molecular weight is 188 g/mol. The molecule has 0 saturated carbocycles. The van der Waals surface area contributed by atoms with Crippen LogP contribution in [-0.4, -0.2) is 5.78 Å². The molecule has 1 nitrogen and oxygen atoms in total. The van der Waals surface area contributed by atoms with Gasteiger partial charge in [0.15, 0.2) is 0 Å². The number of fused-ring (bicyclic) bond motifs is 1. The minimum atomic E-state index is 0.166. The van der Waals surface area contributed by atoms with E-state index < -0.39 is 0 Å². The van der Waals surface area contributed by atoms with E-state index in [-0.39, 0.29) is 5.92 Å². The lowest BCUT2D eigenvalue weighted by atomic mass is 9.80. The van der Waals surface area contributed by atoms with E-state index in [9.17, 15) is 4.79 Å². The van der Waals surface area contributed by atoms with E-state index in [0.29, 0.717) is 5.78 Å². The number of rotatable bonds is 1. The van der Waals surface area contributed by atoms with Gasteiger partial charge in [0.05, 0.1) is 0 Å². The molecule has 0 aliphatic heterocycles. The molecule has 0 heterocycles. The quantitative estimate of drug-likeness (QED) is 0.662. The van der Waals surface area contributed by atoms with Gasteiger partial charge < -0.3 is 0 Å². The van der Waals surface area contributed by atoms with Gasteiger partial charge in [0.25, 0.3) is 0 Å². The third-order valence-electron chi connectivity index (χ3n) is 3.10. The Labute approximate surface area is 85.1 Å². The molecule has 0 fully saturated rings. The predicted octanol–water partition coefficient (Wildman–Crippen LogP) is 3.00. The van der Waals surface area contributed by atoms with Gasteiger partial charge in [-0.2, -0.15) is 0 Å². The molecule has 1 heteroatoms. The van der Waals surface area contributed by atoms with E-state index in [1.54, 1.807) is 6.92 Å². The van der Waals surface area contributed by atoms with E-state index in [1.807, 2.05) is 0 Å². The molecule has 0 spiro atoms. The van der Waals surface area contributed by atoms with Crippen LogP contribution in [0.25, 0.3) is 0 Å². The van der Waals surface area contributed by atoms with Crippen molar-refractivity contribution in [3.63, 3.8) is 0 Å². The average Bonchev–Trinajstić information content (AvgIpc) is 2.16. The first-order chi connectivity index (χ1) is 6.68. The molecule has 1 aliphatic rings. The molecule has 1 aliphatic carbocycles. The summed E-state index contributed by atoms with van der Waals surface area (Å²) in [4.78, 5) is 11.4. The normalized spacial score (nSPS) is 20.3. The fraction of sp³-hybridized carbons (Fsp3) is 0.462. The number of Topliss-reactive ketones (excluding diaryl/α,β-unsaturated/α-hetero) is 1. The molecule has 0 aromatic heterocycles. The highest BCUT2D eigenvalue weighted by molar-refractivity contribution is 5.84. The Balaban J connectivity index is 2.44. The lowest BCUT2D eigenvalue weighted by Crippen LogP contribution is -2.16. The molecule has 1 atom stereocenters. The first-order valence-electron chi connectivity index (χ1n) is 5.28. The molecule has 1 aromatic carbocycles. The van der Waals surface area contributed by atoms with Gasteiger partial charge in [-0.05, 0) is 44.2 Å². The fourth-order valence-corrected chi connectivity index (χ4v) is 2.37. The Hall–Kier alpha value is -1.11. The zero-order valence-corrected chi connectivity index (χ0v) is 8.84. The van der Waals surface area contributed by atoms with Crippen LogP contribution in [0.2, 0.25) is 0 Å². The minimum Gasteiger partial charge on any atom is -0.299 e. The van der Waals surface area contributed by atoms with Gasteiger partial charge in [-0.1, -0.05) is 23.8 Å². The van der Waals surface area contributed by atoms with Crippen LogP contribution in [-0.2, 0) is 11.2 Å². The van der Waals surface area contributed by atoms with Gasteiger partial charge >= 0.3 is 0 Å². The summed E-state index contributed by atoms with van der Waals surface area (Å²) in [6.45, 7) is 3.82. The highest BCUT2D eigenvalue weighted by Crippen LogP contribution is 2.32. The SMILES string of the molecule is CC(=O)C1CCCc2cc(C)ccc21. The molecule has 14 heavy (non-hydrogen) atoms. The van der Waals surface area contributed by atoms with Gasteiger partial charge in [0.2, 0.25) is 0 Å². The van der Waals surface area contributed by atoms with Crippen molar-refractivity contribution in [2.45, 2.75) is 39.0 Å². The van der Waals surface area contributed by atoms with Crippen LogP contribution in [0.15, 0.2) is 18.2 Å². The molecule has 1 aromatic rings. The second-order valence-corrected chi connectivity index (χ2v) is 4.26. The first kappa shape index (κ1) is 9.45. The molecule has 2 rings (SSSR count). The van der Waals surface area contributed by atoms with Crippen LogP contribution in [0.4, 0.5) is 0 Å². The Morgan fingerprint density at radius 1 is 1.43 bits per heavy atom. The maximum atomic E-state index is 11.4. The molecule has 0 saturated heterocycles. The van der Waals surface area contributed by atoms with Gasteiger partial charge in [-0.25, -0.2) is 0 Å². The van der Waals surface area contributed by atoms with Crippen molar-refractivity contribution in [2.75, 3.05) is 0 Å². The summed E-state index contributed by atoms with van der Waals surface area (Å²) in [7, 11) is 0. The van der Waals surface area contributed by atoms with Gasteiger partial charge in [-0.3, -0.25) is 4.79 Å². The van der Waals surface area contributed by atoms with Crippen LogP contribution in [0.1, 0.15) is 42.4 Å². The molecular weight excluding hydrogens is 172 g/mol. The summed E-state index contributed by atoms with van der Waals surface area (Å²) in [5, 5.41) is 0.